The number of hydrogen-bond acceptors (Lipinski definition) is 2. The third-order valence-electron chi connectivity index (χ3n) is 2.60. The third kappa shape index (κ3) is 3.24. The predicted molar refractivity (Wildman–Crippen MR) is 75.9 cm³/mol. The molecule has 1 atom stereocenters. The van der Waals surface area contributed by atoms with Gasteiger partial charge in [-0.25, -0.2) is 0 Å². The smallest absolute Gasteiger partial charge is 0.0991 e. The van der Waals surface area contributed by atoms with Crippen LogP contribution in [0.3, 0.4) is 0 Å². The number of hydrogen-bond donors (Lipinski definition) is 1. The highest BCUT2D eigenvalue weighted by atomic mass is 35.5. The first-order chi connectivity index (χ1) is 8.20. The van der Waals surface area contributed by atoms with Crippen LogP contribution in [-0.4, -0.2) is 0 Å². The average Bonchev–Trinajstić information content (AvgIpc) is 2.39. The molecule has 2 N–H and O–H groups in total. The molecule has 2 rings (SSSR count). The third-order valence-corrected chi connectivity index (χ3v) is 2.86. The van der Waals surface area contributed by atoms with E-state index in [2.05, 4.69) is 6.07 Å². The fourth-order valence-electron chi connectivity index (χ4n) is 1.66. The van der Waals surface area contributed by atoms with Gasteiger partial charge in [0.2, 0.25) is 0 Å². The minimum Gasteiger partial charge on any atom is -0.320 e. The van der Waals surface area contributed by atoms with Gasteiger partial charge in [0.15, 0.2) is 0 Å². The molecule has 2 aromatic carbocycles. The lowest BCUT2D eigenvalue weighted by Gasteiger charge is -2.12. The molecule has 0 bridgehead atoms. The number of nitriles is 1. The van der Waals surface area contributed by atoms with Crippen LogP contribution in [0.2, 0.25) is 5.02 Å². The summed E-state index contributed by atoms with van der Waals surface area (Å²) in [5.41, 5.74) is 8.65. The largest absolute Gasteiger partial charge is 0.320 e. The summed E-state index contributed by atoms with van der Waals surface area (Å²) in [5.74, 6) is 0. The molecule has 0 aromatic heterocycles. The maximum atomic E-state index is 8.84. The van der Waals surface area contributed by atoms with Gasteiger partial charge in [0.05, 0.1) is 17.7 Å². The zero-order valence-electron chi connectivity index (χ0n) is 9.51. The molecule has 4 heteroatoms. The van der Waals surface area contributed by atoms with Gasteiger partial charge >= 0.3 is 0 Å². The lowest BCUT2D eigenvalue weighted by atomic mass is 9.98. The van der Waals surface area contributed by atoms with Gasteiger partial charge in [-0.2, -0.15) is 5.26 Å². The summed E-state index contributed by atoms with van der Waals surface area (Å²) < 4.78 is 0. The summed E-state index contributed by atoms with van der Waals surface area (Å²) in [4.78, 5) is 0. The fraction of sp³-hybridized carbons (Fsp3) is 0.0714. The Balaban J connectivity index is 0.00000162. The van der Waals surface area contributed by atoms with Gasteiger partial charge in [0.1, 0.15) is 0 Å². The van der Waals surface area contributed by atoms with Crippen molar-refractivity contribution in [3.8, 4) is 6.07 Å². The molecule has 1 unspecified atom stereocenters. The van der Waals surface area contributed by atoms with Gasteiger partial charge in [-0.1, -0.05) is 35.9 Å². The van der Waals surface area contributed by atoms with Crippen LogP contribution in [-0.2, 0) is 0 Å². The number of nitrogens with zero attached hydrogens (tertiary/aromatic N) is 1. The lowest BCUT2D eigenvalue weighted by molar-refractivity contribution is 0.871. The molecule has 0 heterocycles. The summed E-state index contributed by atoms with van der Waals surface area (Å²) in [5, 5.41) is 9.53. The zero-order valence-corrected chi connectivity index (χ0v) is 11.1. The van der Waals surface area contributed by atoms with Crippen molar-refractivity contribution in [1.29, 1.82) is 5.26 Å². The van der Waals surface area contributed by atoms with E-state index < -0.39 is 0 Å². The van der Waals surface area contributed by atoms with Gasteiger partial charge in [-0.05, 0) is 35.4 Å². The van der Waals surface area contributed by atoms with Crippen LogP contribution >= 0.6 is 24.0 Å². The minimum absolute atomic E-state index is 0. The van der Waals surface area contributed by atoms with Crippen molar-refractivity contribution >= 4 is 24.0 Å². The van der Waals surface area contributed by atoms with Crippen LogP contribution < -0.4 is 5.73 Å². The molecule has 0 fully saturated rings. The maximum absolute atomic E-state index is 8.84. The Hall–Kier alpha value is -1.53. The Bertz CT molecular complexity index is 559. The molecule has 0 saturated carbocycles. The van der Waals surface area contributed by atoms with Crippen LogP contribution in [0.4, 0.5) is 0 Å². The topological polar surface area (TPSA) is 49.8 Å². The maximum Gasteiger partial charge on any atom is 0.0991 e. The fourth-order valence-corrected chi connectivity index (χ4v) is 1.79. The van der Waals surface area contributed by atoms with Crippen LogP contribution in [0.15, 0.2) is 48.5 Å². The van der Waals surface area contributed by atoms with E-state index in [0.29, 0.717) is 10.6 Å². The first kappa shape index (κ1) is 14.5. The number of nitrogens with two attached hydrogens (primary N) is 1. The van der Waals surface area contributed by atoms with Crippen molar-refractivity contribution in [2.45, 2.75) is 6.04 Å². The van der Waals surface area contributed by atoms with Crippen LogP contribution in [0.1, 0.15) is 22.7 Å². The molecule has 18 heavy (non-hydrogen) atoms. The first-order valence-corrected chi connectivity index (χ1v) is 5.59. The Kier molecular flexibility index (Phi) is 5.18. The lowest BCUT2D eigenvalue weighted by Crippen LogP contribution is -2.11. The van der Waals surface area contributed by atoms with Crippen molar-refractivity contribution in [2.75, 3.05) is 0 Å². The van der Waals surface area contributed by atoms with Crippen LogP contribution in [0.25, 0.3) is 0 Å². The Morgan fingerprint density at radius 3 is 2.33 bits per heavy atom. The Morgan fingerprint density at radius 1 is 1.06 bits per heavy atom. The average molecular weight is 279 g/mol. The molecule has 2 nitrogen and oxygen atoms in total. The van der Waals surface area contributed by atoms with E-state index in [-0.39, 0.29) is 18.4 Å². The molecular formula is C14H12Cl2N2. The van der Waals surface area contributed by atoms with E-state index in [9.17, 15) is 0 Å². The molecule has 0 spiro atoms. The number of rotatable bonds is 2. The normalized spacial score (nSPS) is 11.2. The van der Waals surface area contributed by atoms with E-state index in [1.54, 1.807) is 12.1 Å². The highest BCUT2D eigenvalue weighted by molar-refractivity contribution is 6.30. The Labute approximate surface area is 117 Å². The van der Waals surface area contributed by atoms with Crippen LogP contribution in [0.5, 0.6) is 0 Å². The van der Waals surface area contributed by atoms with Crippen molar-refractivity contribution in [2.24, 2.45) is 5.73 Å². The number of benzene rings is 2. The van der Waals surface area contributed by atoms with Gasteiger partial charge in [0, 0.05) is 5.02 Å². The summed E-state index contributed by atoms with van der Waals surface area (Å²) >= 11 is 5.83. The molecular weight excluding hydrogens is 267 g/mol. The van der Waals surface area contributed by atoms with Crippen molar-refractivity contribution in [1.82, 2.24) is 0 Å². The minimum atomic E-state index is -0.236. The highest BCUT2D eigenvalue weighted by Crippen LogP contribution is 2.21. The molecule has 2 aromatic rings. The predicted octanol–water partition coefficient (Wildman–Crippen LogP) is 3.68. The van der Waals surface area contributed by atoms with Crippen LogP contribution in [0, 0.1) is 11.3 Å². The highest BCUT2D eigenvalue weighted by Gasteiger charge is 2.08. The van der Waals surface area contributed by atoms with E-state index in [0.717, 1.165) is 11.1 Å². The molecule has 92 valence electrons. The SMILES string of the molecule is Cl.N#Cc1cccc(C(N)c2ccc(Cl)cc2)c1. The van der Waals surface area contributed by atoms with Gasteiger partial charge < -0.3 is 5.73 Å². The quantitative estimate of drug-likeness (QED) is 0.911. The van der Waals surface area contributed by atoms with Crippen molar-refractivity contribution in [3.63, 3.8) is 0 Å². The summed E-state index contributed by atoms with van der Waals surface area (Å²) in [7, 11) is 0. The standard InChI is InChI=1S/C14H11ClN2.ClH/c15-13-6-4-11(5-7-13)14(17)12-3-1-2-10(8-12)9-16;/h1-8,14H,17H2;1H. The molecule has 0 aliphatic heterocycles. The first-order valence-electron chi connectivity index (χ1n) is 5.22. The monoisotopic (exact) mass is 278 g/mol. The summed E-state index contributed by atoms with van der Waals surface area (Å²) in [6.07, 6.45) is 0. The second-order valence-corrected chi connectivity index (χ2v) is 4.20. The van der Waals surface area contributed by atoms with E-state index in [1.807, 2.05) is 36.4 Å². The molecule has 0 amide bonds. The zero-order chi connectivity index (χ0) is 12.3. The van der Waals surface area contributed by atoms with Crippen molar-refractivity contribution in [3.05, 3.63) is 70.2 Å². The Morgan fingerprint density at radius 2 is 1.72 bits per heavy atom. The van der Waals surface area contributed by atoms with E-state index in [4.69, 9.17) is 22.6 Å². The van der Waals surface area contributed by atoms with Gasteiger partial charge in [-0.3, -0.25) is 0 Å². The molecule has 0 saturated heterocycles. The summed E-state index contributed by atoms with van der Waals surface area (Å²) in [6, 6.07) is 16.6. The molecule has 0 aliphatic carbocycles. The van der Waals surface area contributed by atoms with Crippen molar-refractivity contribution < 1.29 is 0 Å². The summed E-state index contributed by atoms with van der Waals surface area (Å²) in [6.45, 7) is 0. The second-order valence-electron chi connectivity index (χ2n) is 3.77. The van der Waals surface area contributed by atoms with E-state index >= 15 is 0 Å². The molecule has 0 radical (unpaired) electrons. The van der Waals surface area contributed by atoms with Gasteiger partial charge in [-0.15, -0.1) is 12.4 Å². The molecule has 0 aliphatic rings. The van der Waals surface area contributed by atoms with Gasteiger partial charge in [0.25, 0.3) is 0 Å². The van der Waals surface area contributed by atoms with E-state index in [1.165, 1.54) is 0 Å². The number of halogens is 2. The second kappa shape index (κ2) is 6.42.